The summed E-state index contributed by atoms with van der Waals surface area (Å²) in [5.74, 6) is 0.888. The van der Waals surface area contributed by atoms with Gasteiger partial charge in [0.05, 0.1) is 17.4 Å². The minimum Gasteiger partial charge on any atom is -0.266 e. The molecule has 2 heterocycles. The molecule has 0 saturated heterocycles. The van der Waals surface area contributed by atoms with Gasteiger partial charge in [0.1, 0.15) is 0 Å². The predicted octanol–water partition coefficient (Wildman–Crippen LogP) is 3.22. The number of nitrogens with zero attached hydrogens (tertiary/aromatic N) is 3. The molecule has 0 aliphatic heterocycles. The van der Waals surface area contributed by atoms with Crippen LogP contribution in [-0.4, -0.2) is 14.8 Å². The number of aromatic nitrogens is 3. The molecule has 3 nitrogen and oxygen atoms in total. The summed E-state index contributed by atoms with van der Waals surface area (Å²) in [6, 6.07) is 2.15. The Bertz CT molecular complexity index is 509. The average Bonchev–Trinajstić information content (AvgIpc) is 2.59. The first-order valence-electron chi connectivity index (χ1n) is 5.83. The maximum atomic E-state index is 4.77. The second kappa shape index (κ2) is 3.89. The fraction of sp³-hybridized carbons (Fsp3) is 0.538. The van der Waals surface area contributed by atoms with E-state index < -0.39 is 0 Å². The molecule has 0 amide bonds. The fourth-order valence-corrected chi connectivity index (χ4v) is 1.96. The highest BCUT2D eigenvalue weighted by molar-refractivity contribution is 5.81. The second-order valence-corrected chi connectivity index (χ2v) is 4.95. The Labute approximate surface area is 96.5 Å². The third-order valence-corrected chi connectivity index (χ3v) is 2.90. The van der Waals surface area contributed by atoms with E-state index in [1.165, 1.54) is 10.9 Å². The zero-order chi connectivity index (χ0) is 11.9. The first-order valence-corrected chi connectivity index (χ1v) is 5.83. The molecule has 16 heavy (non-hydrogen) atoms. The van der Waals surface area contributed by atoms with Crippen LogP contribution in [-0.2, 0) is 7.05 Å². The van der Waals surface area contributed by atoms with Crippen molar-refractivity contribution in [2.24, 2.45) is 7.05 Å². The van der Waals surface area contributed by atoms with Crippen molar-refractivity contribution in [3.63, 3.8) is 0 Å². The molecule has 2 aromatic heterocycles. The summed E-state index contributed by atoms with van der Waals surface area (Å²) in [6.45, 7) is 8.71. The highest BCUT2D eigenvalue weighted by Crippen LogP contribution is 2.26. The Morgan fingerprint density at radius 1 is 1.12 bits per heavy atom. The van der Waals surface area contributed by atoms with Gasteiger partial charge in [-0.2, -0.15) is 5.10 Å². The first kappa shape index (κ1) is 11.1. The van der Waals surface area contributed by atoms with Crippen LogP contribution in [0.15, 0.2) is 12.3 Å². The number of aryl methyl sites for hydroxylation is 1. The van der Waals surface area contributed by atoms with E-state index in [0.717, 1.165) is 11.4 Å². The summed E-state index contributed by atoms with van der Waals surface area (Å²) in [5.41, 5.74) is 3.48. The molecule has 0 radical (unpaired) electrons. The van der Waals surface area contributed by atoms with Crippen molar-refractivity contribution in [3.8, 4) is 0 Å². The van der Waals surface area contributed by atoms with Crippen LogP contribution in [0.1, 0.15) is 50.9 Å². The molecule has 0 aromatic carbocycles. The lowest BCUT2D eigenvalue weighted by atomic mass is 10.0. The highest BCUT2D eigenvalue weighted by atomic mass is 15.3. The molecule has 0 aliphatic rings. The molecule has 0 bridgehead atoms. The van der Waals surface area contributed by atoms with E-state index >= 15 is 0 Å². The largest absolute Gasteiger partial charge is 0.266 e. The number of rotatable bonds is 2. The first-order chi connectivity index (χ1) is 7.50. The summed E-state index contributed by atoms with van der Waals surface area (Å²) in [5, 5.41) is 5.51. The lowest BCUT2D eigenvalue weighted by molar-refractivity contribution is 0.746. The second-order valence-electron chi connectivity index (χ2n) is 4.95. The lowest BCUT2D eigenvalue weighted by Gasteiger charge is -2.12. The van der Waals surface area contributed by atoms with E-state index in [9.17, 15) is 0 Å². The molecule has 0 aliphatic carbocycles. The van der Waals surface area contributed by atoms with E-state index in [1.54, 1.807) is 0 Å². The molecular weight excluding hydrogens is 198 g/mol. The van der Waals surface area contributed by atoms with Gasteiger partial charge in [-0.25, -0.2) is 0 Å². The van der Waals surface area contributed by atoms with Crippen LogP contribution in [0.2, 0.25) is 0 Å². The summed E-state index contributed by atoms with van der Waals surface area (Å²) in [7, 11) is 1.98. The van der Waals surface area contributed by atoms with Gasteiger partial charge in [0.15, 0.2) is 0 Å². The smallest absolute Gasteiger partial charge is 0.0897 e. The number of hydrogen-bond donors (Lipinski definition) is 0. The maximum absolute atomic E-state index is 4.77. The molecule has 0 fully saturated rings. The minimum atomic E-state index is 0.427. The van der Waals surface area contributed by atoms with E-state index in [2.05, 4.69) is 38.9 Å². The SMILES string of the molecule is CC(C)c1cc2cnn(C)c2c(C(C)C)n1. The van der Waals surface area contributed by atoms with Crippen molar-refractivity contribution in [1.82, 2.24) is 14.8 Å². The third-order valence-electron chi connectivity index (χ3n) is 2.90. The highest BCUT2D eigenvalue weighted by Gasteiger charge is 2.14. The molecule has 3 heteroatoms. The van der Waals surface area contributed by atoms with Gasteiger partial charge in [0.25, 0.3) is 0 Å². The molecule has 0 saturated carbocycles. The van der Waals surface area contributed by atoms with Crippen molar-refractivity contribution < 1.29 is 0 Å². The molecule has 2 aromatic rings. The van der Waals surface area contributed by atoms with E-state index in [0.29, 0.717) is 11.8 Å². The van der Waals surface area contributed by atoms with Crippen molar-refractivity contribution in [2.45, 2.75) is 39.5 Å². The van der Waals surface area contributed by atoms with Gasteiger partial charge in [0, 0.05) is 18.1 Å². The van der Waals surface area contributed by atoms with Gasteiger partial charge in [-0.05, 0) is 17.9 Å². The average molecular weight is 217 g/mol. The Morgan fingerprint density at radius 2 is 1.81 bits per heavy atom. The fourth-order valence-electron chi connectivity index (χ4n) is 1.96. The van der Waals surface area contributed by atoms with Gasteiger partial charge in [-0.3, -0.25) is 9.67 Å². The van der Waals surface area contributed by atoms with Crippen LogP contribution in [0.4, 0.5) is 0 Å². The Balaban J connectivity index is 2.76. The molecule has 2 rings (SSSR count). The summed E-state index contributed by atoms with van der Waals surface area (Å²) in [4.78, 5) is 4.77. The minimum absolute atomic E-state index is 0.427. The van der Waals surface area contributed by atoms with Crippen LogP contribution in [0.3, 0.4) is 0 Å². The topological polar surface area (TPSA) is 30.7 Å². The van der Waals surface area contributed by atoms with Gasteiger partial charge in [0.2, 0.25) is 0 Å². The molecule has 0 spiro atoms. The molecular formula is C13H19N3. The number of hydrogen-bond acceptors (Lipinski definition) is 2. The quantitative estimate of drug-likeness (QED) is 0.773. The zero-order valence-corrected chi connectivity index (χ0v) is 10.7. The van der Waals surface area contributed by atoms with Crippen molar-refractivity contribution >= 4 is 10.9 Å². The van der Waals surface area contributed by atoms with Crippen molar-refractivity contribution in [1.29, 1.82) is 0 Å². The molecule has 0 unspecified atom stereocenters. The van der Waals surface area contributed by atoms with Gasteiger partial charge in [-0.15, -0.1) is 0 Å². The summed E-state index contributed by atoms with van der Waals surface area (Å²) < 4.78 is 1.92. The Morgan fingerprint density at radius 3 is 2.38 bits per heavy atom. The Kier molecular flexibility index (Phi) is 2.70. The number of fused-ring (bicyclic) bond motifs is 1. The summed E-state index contributed by atoms with van der Waals surface area (Å²) in [6.07, 6.45) is 1.93. The van der Waals surface area contributed by atoms with Crippen molar-refractivity contribution in [3.05, 3.63) is 23.7 Å². The van der Waals surface area contributed by atoms with Gasteiger partial charge >= 0.3 is 0 Å². The van der Waals surface area contributed by atoms with Crippen LogP contribution < -0.4 is 0 Å². The zero-order valence-electron chi connectivity index (χ0n) is 10.7. The van der Waals surface area contributed by atoms with Crippen LogP contribution in [0, 0.1) is 0 Å². The van der Waals surface area contributed by atoms with Crippen LogP contribution in [0.25, 0.3) is 10.9 Å². The standard InChI is InChI=1S/C13H19N3/c1-8(2)11-6-10-7-14-16(5)13(10)12(15-11)9(3)4/h6-9H,1-5H3. The normalized spacial score (nSPS) is 11.9. The van der Waals surface area contributed by atoms with E-state index in [-0.39, 0.29) is 0 Å². The Hall–Kier alpha value is -1.38. The van der Waals surface area contributed by atoms with E-state index in [4.69, 9.17) is 4.98 Å². The molecule has 86 valence electrons. The lowest BCUT2D eigenvalue weighted by Crippen LogP contribution is -2.03. The molecule has 0 atom stereocenters. The number of pyridine rings is 1. The van der Waals surface area contributed by atoms with Crippen molar-refractivity contribution in [2.75, 3.05) is 0 Å². The predicted molar refractivity (Wildman–Crippen MR) is 66.7 cm³/mol. The van der Waals surface area contributed by atoms with Gasteiger partial charge in [-0.1, -0.05) is 27.7 Å². The van der Waals surface area contributed by atoms with Crippen LogP contribution >= 0.6 is 0 Å². The summed E-state index contributed by atoms with van der Waals surface area (Å²) >= 11 is 0. The third kappa shape index (κ3) is 1.70. The monoisotopic (exact) mass is 217 g/mol. The van der Waals surface area contributed by atoms with E-state index in [1.807, 2.05) is 17.9 Å². The van der Waals surface area contributed by atoms with Crippen LogP contribution in [0.5, 0.6) is 0 Å². The maximum Gasteiger partial charge on any atom is 0.0897 e. The van der Waals surface area contributed by atoms with Gasteiger partial charge < -0.3 is 0 Å². The molecule has 0 N–H and O–H groups in total.